The lowest BCUT2D eigenvalue weighted by molar-refractivity contribution is 0.384. The number of halogens is 2. The number of benzene rings is 2. The number of rotatable bonds is 4. The summed E-state index contributed by atoms with van der Waals surface area (Å²) in [4.78, 5) is 12.8. The molecule has 6 nitrogen and oxygen atoms in total. The fourth-order valence-electron chi connectivity index (χ4n) is 2.40. The van der Waals surface area contributed by atoms with E-state index in [1.807, 2.05) is 18.2 Å². The van der Waals surface area contributed by atoms with E-state index in [9.17, 15) is 0 Å². The number of hydrogen-bond acceptors (Lipinski definition) is 6. The lowest BCUT2D eigenvalue weighted by Gasteiger charge is -2.06. The Bertz CT molecular complexity index is 1050. The van der Waals surface area contributed by atoms with E-state index in [2.05, 4.69) is 25.4 Å². The molecule has 2 aromatic heterocycles. The molecule has 4 aromatic rings. The molecule has 0 bridgehead atoms. The van der Waals surface area contributed by atoms with Crippen molar-refractivity contribution >= 4 is 39.9 Å². The van der Waals surface area contributed by atoms with Crippen LogP contribution in [-0.4, -0.2) is 20.1 Å². The molecule has 2 heterocycles. The molecule has 0 aliphatic heterocycles. The monoisotopic (exact) mass is 371 g/mol. The van der Waals surface area contributed by atoms with Crippen molar-refractivity contribution < 1.29 is 4.52 Å². The average Bonchev–Trinajstić information content (AvgIpc) is 3.08. The molecule has 25 heavy (non-hydrogen) atoms. The van der Waals surface area contributed by atoms with Crippen LogP contribution in [0.15, 0.2) is 53.3 Å². The first-order chi connectivity index (χ1) is 12.2. The van der Waals surface area contributed by atoms with Crippen LogP contribution in [0.4, 0.5) is 5.82 Å². The van der Waals surface area contributed by atoms with Crippen molar-refractivity contribution in [2.24, 2.45) is 0 Å². The van der Waals surface area contributed by atoms with Crippen molar-refractivity contribution in [3.05, 3.63) is 64.7 Å². The Morgan fingerprint density at radius 3 is 2.76 bits per heavy atom. The molecule has 0 atom stereocenters. The van der Waals surface area contributed by atoms with E-state index in [0.717, 1.165) is 16.5 Å². The van der Waals surface area contributed by atoms with Crippen molar-refractivity contribution in [1.82, 2.24) is 20.1 Å². The number of fused-ring (bicyclic) bond motifs is 1. The highest BCUT2D eigenvalue weighted by Gasteiger charge is 2.10. The quantitative estimate of drug-likeness (QED) is 0.564. The molecular weight excluding hydrogens is 361 g/mol. The second-order valence-electron chi connectivity index (χ2n) is 5.26. The summed E-state index contributed by atoms with van der Waals surface area (Å²) in [6, 6.07) is 12.7. The molecule has 0 amide bonds. The summed E-state index contributed by atoms with van der Waals surface area (Å²) >= 11 is 12.0. The minimum absolute atomic E-state index is 0.336. The van der Waals surface area contributed by atoms with Crippen molar-refractivity contribution in [2.75, 3.05) is 5.32 Å². The summed E-state index contributed by atoms with van der Waals surface area (Å²) in [6.07, 6.45) is 1.48. The Morgan fingerprint density at radius 1 is 1.00 bits per heavy atom. The fraction of sp³-hybridized carbons (Fsp3) is 0.0588. The molecule has 0 saturated carbocycles. The first-order valence-corrected chi connectivity index (χ1v) is 8.17. The van der Waals surface area contributed by atoms with Gasteiger partial charge in [0.1, 0.15) is 12.1 Å². The van der Waals surface area contributed by atoms with E-state index < -0.39 is 0 Å². The lowest BCUT2D eigenvalue weighted by atomic mass is 10.2. The molecule has 1 N–H and O–H groups in total. The summed E-state index contributed by atoms with van der Waals surface area (Å²) in [5.41, 5.74) is 1.56. The smallest absolute Gasteiger partial charge is 0.246 e. The number of nitrogens with zero attached hydrogens (tertiary/aromatic N) is 4. The Kier molecular flexibility index (Phi) is 4.21. The van der Waals surface area contributed by atoms with Crippen LogP contribution in [-0.2, 0) is 6.54 Å². The number of anilines is 1. The van der Waals surface area contributed by atoms with E-state index in [4.69, 9.17) is 27.7 Å². The minimum Gasteiger partial charge on any atom is -0.360 e. The van der Waals surface area contributed by atoms with Crippen molar-refractivity contribution in [3.8, 4) is 11.4 Å². The minimum atomic E-state index is 0.336. The highest BCUT2D eigenvalue weighted by atomic mass is 35.5. The van der Waals surface area contributed by atoms with E-state index in [-0.39, 0.29) is 0 Å². The van der Waals surface area contributed by atoms with Crippen LogP contribution in [0, 0.1) is 0 Å². The van der Waals surface area contributed by atoms with E-state index >= 15 is 0 Å². The van der Waals surface area contributed by atoms with Gasteiger partial charge in [0.25, 0.3) is 0 Å². The van der Waals surface area contributed by atoms with E-state index in [1.165, 1.54) is 6.33 Å². The van der Waals surface area contributed by atoms with Crippen molar-refractivity contribution in [2.45, 2.75) is 6.54 Å². The second-order valence-corrected chi connectivity index (χ2v) is 6.13. The van der Waals surface area contributed by atoms with Gasteiger partial charge >= 0.3 is 0 Å². The predicted molar refractivity (Wildman–Crippen MR) is 96.6 cm³/mol. The molecule has 8 heteroatoms. The zero-order valence-corrected chi connectivity index (χ0v) is 14.3. The van der Waals surface area contributed by atoms with Crippen LogP contribution >= 0.6 is 23.2 Å². The summed E-state index contributed by atoms with van der Waals surface area (Å²) in [5.74, 6) is 1.60. The molecular formula is C17H11Cl2N5O. The van der Waals surface area contributed by atoms with E-state index in [1.54, 1.807) is 24.3 Å². The van der Waals surface area contributed by atoms with Crippen LogP contribution in [0.2, 0.25) is 10.0 Å². The molecule has 0 radical (unpaired) electrons. The highest BCUT2D eigenvalue weighted by molar-refractivity contribution is 6.31. The standard InChI is InChI=1S/C17H11Cl2N5O/c18-11-3-1-2-10(6-11)16-23-15(25-24-16)8-20-17-13-5-4-12(19)7-14(13)21-9-22-17/h1-7,9H,8H2,(H,20,21,22). The first kappa shape index (κ1) is 15.8. The van der Waals surface area contributed by atoms with Crippen molar-refractivity contribution in [3.63, 3.8) is 0 Å². The highest BCUT2D eigenvalue weighted by Crippen LogP contribution is 2.23. The van der Waals surface area contributed by atoms with Crippen LogP contribution in [0.1, 0.15) is 5.89 Å². The van der Waals surface area contributed by atoms with Gasteiger partial charge in [0.05, 0.1) is 12.1 Å². The maximum atomic E-state index is 5.99. The maximum Gasteiger partial charge on any atom is 0.246 e. The van der Waals surface area contributed by atoms with Gasteiger partial charge in [0.2, 0.25) is 11.7 Å². The van der Waals surface area contributed by atoms with Crippen LogP contribution in [0.3, 0.4) is 0 Å². The third-order valence-corrected chi connectivity index (χ3v) is 4.03. The Labute approximate surface area is 152 Å². The molecule has 0 aliphatic rings. The van der Waals surface area contributed by atoms with Crippen LogP contribution in [0.5, 0.6) is 0 Å². The molecule has 0 fully saturated rings. The Hall–Kier alpha value is -2.70. The van der Waals surface area contributed by atoms with Crippen LogP contribution < -0.4 is 5.32 Å². The second kappa shape index (κ2) is 6.66. The fourth-order valence-corrected chi connectivity index (χ4v) is 2.76. The molecule has 0 spiro atoms. The van der Waals surface area contributed by atoms with E-state index in [0.29, 0.717) is 34.1 Å². The average molecular weight is 372 g/mol. The Balaban J connectivity index is 1.55. The van der Waals surface area contributed by atoms with Gasteiger partial charge in [-0.1, -0.05) is 40.5 Å². The van der Waals surface area contributed by atoms with Gasteiger partial charge in [0, 0.05) is 21.0 Å². The normalized spacial score (nSPS) is 11.0. The molecule has 124 valence electrons. The van der Waals surface area contributed by atoms with Gasteiger partial charge in [-0.05, 0) is 30.3 Å². The number of nitrogens with one attached hydrogen (secondary N) is 1. The summed E-state index contributed by atoms with van der Waals surface area (Å²) in [5, 5.41) is 9.27. The van der Waals surface area contributed by atoms with Gasteiger partial charge in [-0.3, -0.25) is 0 Å². The summed E-state index contributed by atoms with van der Waals surface area (Å²) in [7, 11) is 0. The summed E-state index contributed by atoms with van der Waals surface area (Å²) < 4.78 is 5.28. The SMILES string of the molecule is Clc1cccc(-c2noc(CNc3ncnc4cc(Cl)ccc34)n2)c1. The third-order valence-electron chi connectivity index (χ3n) is 3.56. The van der Waals surface area contributed by atoms with Crippen LogP contribution in [0.25, 0.3) is 22.3 Å². The number of aromatic nitrogens is 4. The Morgan fingerprint density at radius 2 is 1.88 bits per heavy atom. The van der Waals surface area contributed by atoms with Gasteiger partial charge in [0.15, 0.2) is 0 Å². The van der Waals surface area contributed by atoms with Crippen molar-refractivity contribution in [1.29, 1.82) is 0 Å². The topological polar surface area (TPSA) is 76.7 Å². The first-order valence-electron chi connectivity index (χ1n) is 7.42. The maximum absolute atomic E-state index is 5.99. The zero-order valence-electron chi connectivity index (χ0n) is 12.8. The van der Waals surface area contributed by atoms with Gasteiger partial charge in [-0.2, -0.15) is 4.98 Å². The molecule has 0 saturated heterocycles. The zero-order chi connectivity index (χ0) is 17.2. The largest absolute Gasteiger partial charge is 0.360 e. The van der Waals surface area contributed by atoms with Gasteiger partial charge in [-0.15, -0.1) is 0 Å². The van der Waals surface area contributed by atoms with Gasteiger partial charge < -0.3 is 9.84 Å². The summed E-state index contributed by atoms with van der Waals surface area (Å²) in [6.45, 7) is 0.336. The third kappa shape index (κ3) is 3.40. The molecule has 4 rings (SSSR count). The predicted octanol–water partition coefficient (Wildman–Crippen LogP) is 4.60. The molecule has 0 unspecified atom stereocenters. The molecule has 2 aromatic carbocycles. The number of hydrogen-bond donors (Lipinski definition) is 1. The van der Waals surface area contributed by atoms with Gasteiger partial charge in [-0.25, -0.2) is 9.97 Å². The lowest BCUT2D eigenvalue weighted by Crippen LogP contribution is -2.02. The molecule has 0 aliphatic carbocycles.